The van der Waals surface area contributed by atoms with Crippen molar-refractivity contribution < 1.29 is 14.6 Å². The van der Waals surface area contributed by atoms with E-state index >= 15 is 0 Å². The van der Waals surface area contributed by atoms with Gasteiger partial charge in [-0.15, -0.1) is 0 Å². The normalized spacial score (nSPS) is 24.2. The van der Waals surface area contributed by atoms with Crippen molar-refractivity contribution in [1.82, 2.24) is 4.90 Å². The highest BCUT2D eigenvalue weighted by molar-refractivity contribution is 5.67. The van der Waals surface area contributed by atoms with Crippen molar-refractivity contribution in [3.63, 3.8) is 0 Å². The maximum absolute atomic E-state index is 11.7. The molecule has 5 nitrogen and oxygen atoms in total. The summed E-state index contributed by atoms with van der Waals surface area (Å²) in [7, 11) is 0. The average Bonchev–Trinajstić information content (AvgIpc) is 2.39. The van der Waals surface area contributed by atoms with Crippen molar-refractivity contribution in [2.45, 2.75) is 32.6 Å². The summed E-state index contributed by atoms with van der Waals surface area (Å²) in [6.45, 7) is 3.12. The minimum absolute atomic E-state index is 0.206. The fraction of sp³-hybridized carbons (Fsp3) is 0.833. The van der Waals surface area contributed by atoms with Crippen LogP contribution >= 0.6 is 0 Å². The van der Waals surface area contributed by atoms with E-state index in [0.29, 0.717) is 19.6 Å². The van der Waals surface area contributed by atoms with Crippen LogP contribution in [0.1, 0.15) is 32.6 Å². The van der Waals surface area contributed by atoms with E-state index in [1.54, 1.807) is 0 Å². The number of aliphatic hydroxyl groups excluding tert-OH is 1. The molecule has 1 aliphatic heterocycles. The number of amides is 1. The first-order chi connectivity index (χ1) is 8.17. The highest BCUT2D eigenvalue weighted by Gasteiger charge is 2.37. The van der Waals surface area contributed by atoms with Crippen molar-refractivity contribution in [2.75, 3.05) is 26.3 Å². The Morgan fingerprint density at radius 2 is 2.41 bits per heavy atom. The van der Waals surface area contributed by atoms with Gasteiger partial charge in [-0.2, -0.15) is 5.26 Å². The van der Waals surface area contributed by atoms with Crippen molar-refractivity contribution in [3.8, 4) is 6.07 Å². The van der Waals surface area contributed by atoms with Gasteiger partial charge in [0, 0.05) is 13.1 Å². The molecule has 0 aromatic rings. The zero-order chi connectivity index (χ0) is 12.7. The number of piperidine rings is 1. The van der Waals surface area contributed by atoms with Crippen LogP contribution in [0.25, 0.3) is 0 Å². The maximum atomic E-state index is 11.7. The molecule has 96 valence electrons. The molecule has 1 saturated heterocycles. The monoisotopic (exact) mass is 240 g/mol. The lowest BCUT2D eigenvalue weighted by Crippen LogP contribution is -2.47. The fourth-order valence-electron chi connectivity index (χ4n) is 1.94. The van der Waals surface area contributed by atoms with Gasteiger partial charge in [-0.05, 0) is 19.3 Å². The smallest absolute Gasteiger partial charge is 0.409 e. The van der Waals surface area contributed by atoms with E-state index in [4.69, 9.17) is 10.00 Å². The molecule has 1 fully saturated rings. The van der Waals surface area contributed by atoms with Gasteiger partial charge in [0.1, 0.15) is 0 Å². The second-order valence-corrected chi connectivity index (χ2v) is 4.54. The lowest BCUT2D eigenvalue weighted by atomic mass is 9.82. The van der Waals surface area contributed by atoms with E-state index in [9.17, 15) is 9.90 Å². The number of nitrogens with zero attached hydrogens (tertiary/aromatic N) is 2. The van der Waals surface area contributed by atoms with Gasteiger partial charge in [0.05, 0.1) is 24.7 Å². The maximum Gasteiger partial charge on any atom is 0.409 e. The SMILES string of the molecule is CCCCOC(=O)N1CCCC(C#N)(CO)C1. The number of rotatable bonds is 4. The molecule has 0 saturated carbocycles. The second kappa shape index (κ2) is 6.45. The summed E-state index contributed by atoms with van der Waals surface area (Å²) in [4.78, 5) is 13.2. The Hall–Kier alpha value is -1.28. The molecular formula is C12H20N2O3. The van der Waals surface area contributed by atoms with Crippen molar-refractivity contribution in [2.24, 2.45) is 5.41 Å². The number of hydrogen-bond acceptors (Lipinski definition) is 4. The Labute approximate surface area is 102 Å². The Kier molecular flexibility index (Phi) is 5.23. The Bertz CT molecular complexity index is 301. The number of likely N-dealkylation sites (tertiary alicyclic amines) is 1. The minimum Gasteiger partial charge on any atom is -0.449 e. The fourth-order valence-corrected chi connectivity index (χ4v) is 1.94. The van der Waals surface area contributed by atoms with Crippen molar-refractivity contribution >= 4 is 6.09 Å². The zero-order valence-corrected chi connectivity index (χ0v) is 10.3. The predicted molar refractivity (Wildman–Crippen MR) is 62.2 cm³/mol. The molecule has 0 aliphatic carbocycles. The average molecular weight is 240 g/mol. The number of ether oxygens (including phenoxy) is 1. The van der Waals surface area contributed by atoms with Gasteiger partial charge in [-0.1, -0.05) is 13.3 Å². The van der Waals surface area contributed by atoms with Gasteiger partial charge in [0.2, 0.25) is 0 Å². The van der Waals surface area contributed by atoms with E-state index in [1.807, 2.05) is 6.92 Å². The number of carbonyl (C=O) groups excluding carboxylic acids is 1. The molecule has 0 spiro atoms. The second-order valence-electron chi connectivity index (χ2n) is 4.54. The Balaban J connectivity index is 2.49. The Morgan fingerprint density at radius 1 is 1.65 bits per heavy atom. The predicted octanol–water partition coefficient (Wildman–Crippen LogP) is 1.52. The third-order valence-electron chi connectivity index (χ3n) is 3.10. The molecule has 1 unspecified atom stereocenters. The number of carbonyl (C=O) groups is 1. The summed E-state index contributed by atoms with van der Waals surface area (Å²) < 4.78 is 5.10. The summed E-state index contributed by atoms with van der Waals surface area (Å²) in [6.07, 6.45) is 2.83. The van der Waals surface area contributed by atoms with Crippen LogP contribution in [0, 0.1) is 16.7 Å². The zero-order valence-electron chi connectivity index (χ0n) is 10.3. The number of nitriles is 1. The molecule has 0 radical (unpaired) electrons. The standard InChI is InChI=1S/C12H20N2O3/c1-2-3-7-17-11(16)14-6-4-5-12(8-13,9-14)10-15/h15H,2-7,9-10H2,1H3. The summed E-state index contributed by atoms with van der Waals surface area (Å²) in [5.74, 6) is 0. The number of aliphatic hydroxyl groups is 1. The summed E-state index contributed by atoms with van der Waals surface area (Å²) in [5, 5.41) is 18.3. The molecule has 5 heteroatoms. The lowest BCUT2D eigenvalue weighted by molar-refractivity contribution is 0.0503. The molecule has 17 heavy (non-hydrogen) atoms. The first-order valence-corrected chi connectivity index (χ1v) is 6.11. The van der Waals surface area contributed by atoms with Gasteiger partial charge in [-0.3, -0.25) is 0 Å². The van der Waals surface area contributed by atoms with Crippen LogP contribution in [-0.2, 0) is 4.74 Å². The molecule has 0 aromatic carbocycles. The van der Waals surface area contributed by atoms with E-state index in [0.717, 1.165) is 19.3 Å². The van der Waals surface area contributed by atoms with Crippen LogP contribution in [0.3, 0.4) is 0 Å². The van der Waals surface area contributed by atoms with Crippen LogP contribution < -0.4 is 0 Å². The van der Waals surface area contributed by atoms with Crippen LogP contribution in [0.15, 0.2) is 0 Å². The van der Waals surface area contributed by atoms with Gasteiger partial charge in [-0.25, -0.2) is 4.79 Å². The third-order valence-corrected chi connectivity index (χ3v) is 3.10. The molecule has 1 atom stereocenters. The molecule has 0 bridgehead atoms. The minimum atomic E-state index is -0.804. The van der Waals surface area contributed by atoms with Crippen LogP contribution in [-0.4, -0.2) is 42.4 Å². The van der Waals surface area contributed by atoms with E-state index in [1.165, 1.54) is 4.90 Å². The summed E-state index contributed by atoms with van der Waals surface area (Å²) in [5.41, 5.74) is -0.804. The number of hydrogen-bond donors (Lipinski definition) is 1. The van der Waals surface area contributed by atoms with E-state index in [2.05, 4.69) is 6.07 Å². The summed E-state index contributed by atoms with van der Waals surface area (Å²) in [6, 6.07) is 2.12. The number of unbranched alkanes of at least 4 members (excludes halogenated alkanes) is 1. The molecule has 1 N–H and O–H groups in total. The highest BCUT2D eigenvalue weighted by atomic mass is 16.6. The van der Waals surface area contributed by atoms with Gasteiger partial charge in [0.15, 0.2) is 0 Å². The van der Waals surface area contributed by atoms with Crippen LogP contribution in [0.2, 0.25) is 0 Å². The van der Waals surface area contributed by atoms with Crippen LogP contribution in [0.4, 0.5) is 4.79 Å². The van der Waals surface area contributed by atoms with Gasteiger partial charge >= 0.3 is 6.09 Å². The Morgan fingerprint density at radius 3 is 3.00 bits per heavy atom. The van der Waals surface area contributed by atoms with Gasteiger partial charge < -0.3 is 14.7 Å². The van der Waals surface area contributed by atoms with Gasteiger partial charge in [0.25, 0.3) is 0 Å². The summed E-state index contributed by atoms with van der Waals surface area (Å²) >= 11 is 0. The molecule has 1 rings (SSSR count). The van der Waals surface area contributed by atoms with Crippen molar-refractivity contribution in [3.05, 3.63) is 0 Å². The van der Waals surface area contributed by atoms with Crippen molar-refractivity contribution in [1.29, 1.82) is 5.26 Å². The largest absolute Gasteiger partial charge is 0.449 e. The molecule has 1 heterocycles. The molecule has 1 aliphatic rings. The first kappa shape index (κ1) is 13.8. The van der Waals surface area contributed by atoms with E-state index in [-0.39, 0.29) is 19.2 Å². The molecule has 1 amide bonds. The molecule has 0 aromatic heterocycles. The quantitative estimate of drug-likeness (QED) is 0.756. The third kappa shape index (κ3) is 3.60. The van der Waals surface area contributed by atoms with E-state index < -0.39 is 5.41 Å². The molecular weight excluding hydrogens is 220 g/mol. The van der Waals surface area contributed by atoms with Crippen LogP contribution in [0.5, 0.6) is 0 Å². The topological polar surface area (TPSA) is 73.6 Å². The first-order valence-electron chi connectivity index (χ1n) is 6.11. The highest BCUT2D eigenvalue weighted by Crippen LogP contribution is 2.28. The lowest BCUT2D eigenvalue weighted by Gasteiger charge is -2.36.